The van der Waals surface area contributed by atoms with Crippen LogP contribution < -0.4 is 0 Å². The SMILES string of the molecule is C=C1Cc2cnc(C(C)C)nc2C1. The van der Waals surface area contributed by atoms with Gasteiger partial charge in [0.2, 0.25) is 0 Å². The Morgan fingerprint density at radius 2 is 2.15 bits per heavy atom. The molecule has 13 heavy (non-hydrogen) atoms. The molecule has 0 fully saturated rings. The molecule has 0 unspecified atom stereocenters. The normalized spacial score (nSPS) is 15.2. The van der Waals surface area contributed by atoms with Crippen molar-refractivity contribution < 1.29 is 0 Å². The van der Waals surface area contributed by atoms with Crippen LogP contribution in [0.1, 0.15) is 36.8 Å². The highest BCUT2D eigenvalue weighted by Crippen LogP contribution is 2.23. The van der Waals surface area contributed by atoms with Gasteiger partial charge in [-0.25, -0.2) is 9.97 Å². The molecule has 1 aromatic rings. The maximum atomic E-state index is 4.53. The number of rotatable bonds is 1. The van der Waals surface area contributed by atoms with Crippen molar-refractivity contribution in [3.05, 3.63) is 35.4 Å². The Morgan fingerprint density at radius 1 is 1.38 bits per heavy atom. The zero-order valence-corrected chi connectivity index (χ0v) is 8.17. The fraction of sp³-hybridized carbons (Fsp3) is 0.455. The van der Waals surface area contributed by atoms with E-state index in [1.807, 2.05) is 6.20 Å². The Bertz CT molecular complexity index is 353. The molecule has 1 aliphatic carbocycles. The van der Waals surface area contributed by atoms with Crippen molar-refractivity contribution in [3.63, 3.8) is 0 Å². The summed E-state index contributed by atoms with van der Waals surface area (Å²) < 4.78 is 0. The predicted molar refractivity (Wildman–Crippen MR) is 52.7 cm³/mol. The minimum Gasteiger partial charge on any atom is -0.241 e. The fourth-order valence-corrected chi connectivity index (χ4v) is 1.61. The highest BCUT2D eigenvalue weighted by atomic mass is 14.9. The highest BCUT2D eigenvalue weighted by Gasteiger charge is 2.16. The van der Waals surface area contributed by atoms with E-state index >= 15 is 0 Å². The lowest BCUT2D eigenvalue weighted by Crippen LogP contribution is -2.00. The zero-order chi connectivity index (χ0) is 9.42. The van der Waals surface area contributed by atoms with Gasteiger partial charge in [0.05, 0.1) is 5.69 Å². The van der Waals surface area contributed by atoms with E-state index < -0.39 is 0 Å². The number of allylic oxidation sites excluding steroid dienone is 1. The van der Waals surface area contributed by atoms with Crippen molar-refractivity contribution >= 4 is 0 Å². The lowest BCUT2D eigenvalue weighted by molar-refractivity contribution is 0.762. The van der Waals surface area contributed by atoms with E-state index in [1.54, 1.807) is 0 Å². The summed E-state index contributed by atoms with van der Waals surface area (Å²) in [6.45, 7) is 8.21. The van der Waals surface area contributed by atoms with Crippen LogP contribution in [0.4, 0.5) is 0 Å². The molecule has 0 saturated heterocycles. The zero-order valence-electron chi connectivity index (χ0n) is 8.17. The second-order valence-electron chi connectivity index (χ2n) is 3.96. The molecule has 1 aliphatic rings. The summed E-state index contributed by atoms with van der Waals surface area (Å²) >= 11 is 0. The third kappa shape index (κ3) is 1.48. The lowest BCUT2D eigenvalue weighted by atomic mass is 10.2. The Balaban J connectivity index is 2.40. The van der Waals surface area contributed by atoms with Crippen LogP contribution in [0.5, 0.6) is 0 Å². The minimum absolute atomic E-state index is 0.416. The first-order chi connectivity index (χ1) is 6.16. The molecule has 2 rings (SSSR count). The second-order valence-corrected chi connectivity index (χ2v) is 3.96. The number of hydrogen-bond donors (Lipinski definition) is 0. The molecule has 0 amide bonds. The van der Waals surface area contributed by atoms with Gasteiger partial charge in [0.15, 0.2) is 0 Å². The summed E-state index contributed by atoms with van der Waals surface area (Å²) in [4.78, 5) is 8.86. The smallest absolute Gasteiger partial charge is 0.131 e. The molecule has 0 aliphatic heterocycles. The van der Waals surface area contributed by atoms with Crippen LogP contribution in [-0.2, 0) is 12.8 Å². The topological polar surface area (TPSA) is 25.8 Å². The van der Waals surface area contributed by atoms with Crippen molar-refractivity contribution in [2.75, 3.05) is 0 Å². The van der Waals surface area contributed by atoms with E-state index in [4.69, 9.17) is 0 Å². The van der Waals surface area contributed by atoms with Gasteiger partial charge in [-0.2, -0.15) is 0 Å². The maximum absolute atomic E-state index is 4.53. The van der Waals surface area contributed by atoms with Crippen molar-refractivity contribution in [2.45, 2.75) is 32.6 Å². The Hall–Kier alpha value is -1.18. The van der Waals surface area contributed by atoms with E-state index in [2.05, 4.69) is 30.4 Å². The third-order valence-electron chi connectivity index (χ3n) is 2.35. The molecule has 0 bridgehead atoms. The van der Waals surface area contributed by atoms with Crippen LogP contribution in [0.15, 0.2) is 18.3 Å². The van der Waals surface area contributed by atoms with Crippen LogP contribution in [0.2, 0.25) is 0 Å². The van der Waals surface area contributed by atoms with Crippen LogP contribution in [0.25, 0.3) is 0 Å². The summed E-state index contributed by atoms with van der Waals surface area (Å²) in [6, 6.07) is 0. The lowest BCUT2D eigenvalue weighted by Gasteiger charge is -2.04. The summed E-state index contributed by atoms with van der Waals surface area (Å²) in [5.74, 6) is 1.37. The quantitative estimate of drug-likeness (QED) is 0.610. The Morgan fingerprint density at radius 3 is 2.85 bits per heavy atom. The Labute approximate surface area is 78.7 Å². The van der Waals surface area contributed by atoms with Gasteiger partial charge in [0.1, 0.15) is 5.82 Å². The second kappa shape index (κ2) is 2.95. The molecule has 1 heterocycles. The molecule has 0 aromatic carbocycles. The molecular formula is C11H14N2. The summed E-state index contributed by atoms with van der Waals surface area (Å²) in [7, 11) is 0. The molecule has 0 saturated carbocycles. The van der Waals surface area contributed by atoms with Crippen LogP contribution >= 0.6 is 0 Å². The van der Waals surface area contributed by atoms with Gasteiger partial charge in [-0.1, -0.05) is 26.0 Å². The van der Waals surface area contributed by atoms with E-state index in [0.717, 1.165) is 18.7 Å². The first kappa shape index (κ1) is 8.42. The van der Waals surface area contributed by atoms with Gasteiger partial charge < -0.3 is 0 Å². The molecule has 2 nitrogen and oxygen atoms in total. The van der Waals surface area contributed by atoms with Crippen LogP contribution in [0, 0.1) is 0 Å². The van der Waals surface area contributed by atoms with Crippen molar-refractivity contribution in [1.29, 1.82) is 0 Å². The standard InChI is InChI=1S/C11H14N2/c1-7(2)11-12-6-9-4-8(3)5-10(9)13-11/h6-7H,3-5H2,1-2H3. The molecular weight excluding hydrogens is 160 g/mol. The van der Waals surface area contributed by atoms with E-state index in [-0.39, 0.29) is 0 Å². The van der Waals surface area contributed by atoms with Crippen molar-refractivity contribution in [2.24, 2.45) is 0 Å². The number of aromatic nitrogens is 2. The van der Waals surface area contributed by atoms with E-state index in [0.29, 0.717) is 5.92 Å². The highest BCUT2D eigenvalue weighted by molar-refractivity contribution is 5.33. The summed E-state index contributed by atoms with van der Waals surface area (Å²) in [5, 5.41) is 0. The van der Waals surface area contributed by atoms with Crippen LogP contribution in [0.3, 0.4) is 0 Å². The number of hydrogen-bond acceptors (Lipinski definition) is 2. The molecule has 2 heteroatoms. The molecule has 0 N–H and O–H groups in total. The van der Waals surface area contributed by atoms with Crippen molar-refractivity contribution in [1.82, 2.24) is 9.97 Å². The van der Waals surface area contributed by atoms with E-state index in [9.17, 15) is 0 Å². The molecule has 0 spiro atoms. The minimum atomic E-state index is 0.416. The average Bonchev–Trinajstić information content (AvgIpc) is 2.42. The Kier molecular flexibility index (Phi) is 1.91. The first-order valence-corrected chi connectivity index (χ1v) is 4.68. The largest absolute Gasteiger partial charge is 0.241 e. The van der Waals surface area contributed by atoms with Gasteiger partial charge in [0, 0.05) is 18.5 Å². The maximum Gasteiger partial charge on any atom is 0.131 e. The number of nitrogens with zero attached hydrogens (tertiary/aromatic N) is 2. The molecule has 0 radical (unpaired) electrons. The van der Waals surface area contributed by atoms with Gasteiger partial charge >= 0.3 is 0 Å². The fourth-order valence-electron chi connectivity index (χ4n) is 1.61. The number of fused-ring (bicyclic) bond motifs is 1. The van der Waals surface area contributed by atoms with Crippen molar-refractivity contribution in [3.8, 4) is 0 Å². The molecule has 0 atom stereocenters. The molecule has 1 aromatic heterocycles. The summed E-state index contributed by atoms with van der Waals surface area (Å²) in [6.07, 6.45) is 3.86. The first-order valence-electron chi connectivity index (χ1n) is 4.68. The summed E-state index contributed by atoms with van der Waals surface area (Å²) in [5.41, 5.74) is 3.70. The average molecular weight is 174 g/mol. The van der Waals surface area contributed by atoms with Gasteiger partial charge in [-0.3, -0.25) is 0 Å². The van der Waals surface area contributed by atoms with Gasteiger partial charge in [-0.05, 0) is 12.0 Å². The van der Waals surface area contributed by atoms with Crippen LogP contribution in [-0.4, -0.2) is 9.97 Å². The predicted octanol–water partition coefficient (Wildman–Crippen LogP) is 2.25. The van der Waals surface area contributed by atoms with Gasteiger partial charge in [-0.15, -0.1) is 0 Å². The molecule has 68 valence electrons. The van der Waals surface area contributed by atoms with E-state index in [1.165, 1.54) is 16.8 Å². The third-order valence-corrected chi connectivity index (χ3v) is 2.35. The van der Waals surface area contributed by atoms with Gasteiger partial charge in [0.25, 0.3) is 0 Å². The monoisotopic (exact) mass is 174 g/mol.